The molecule has 0 saturated heterocycles. The molecule has 0 radical (unpaired) electrons. The quantitative estimate of drug-likeness (QED) is 0.782. The van der Waals surface area contributed by atoms with Crippen LogP contribution < -0.4 is 0 Å². The highest BCUT2D eigenvalue weighted by atomic mass is 16.3. The topological polar surface area (TPSA) is 43.0 Å². The number of benzene rings is 1. The maximum Gasteiger partial charge on any atom is 0.0682 e. The van der Waals surface area contributed by atoms with Crippen LogP contribution in [0.3, 0.4) is 0 Å². The van der Waals surface area contributed by atoms with Gasteiger partial charge in [-0.2, -0.15) is 5.10 Å². The summed E-state index contributed by atoms with van der Waals surface area (Å²) < 4.78 is 4.31. The van der Waals surface area contributed by atoms with Gasteiger partial charge in [0, 0.05) is 18.3 Å². The molecule has 0 aliphatic heterocycles. The number of aliphatic hydroxyl groups is 1. The number of hydrogen-bond acceptors (Lipinski definition) is 2. The van der Waals surface area contributed by atoms with E-state index in [1.54, 1.807) is 0 Å². The van der Waals surface area contributed by atoms with Crippen molar-refractivity contribution < 1.29 is 5.11 Å². The molecule has 0 aliphatic rings. The molecule has 2 aromatic heterocycles. The van der Waals surface area contributed by atoms with E-state index < -0.39 is 0 Å². The zero-order chi connectivity index (χ0) is 14.8. The molecule has 0 atom stereocenters. The highest BCUT2D eigenvalue weighted by molar-refractivity contribution is 5.80. The van der Waals surface area contributed by atoms with Gasteiger partial charge in [-0.3, -0.25) is 4.68 Å². The molecule has 4 nitrogen and oxygen atoms in total. The predicted octanol–water partition coefficient (Wildman–Crippen LogP) is 2.96. The van der Waals surface area contributed by atoms with Crippen molar-refractivity contribution in [2.45, 2.75) is 40.0 Å². The highest BCUT2D eigenvalue weighted by Gasteiger charge is 2.08. The Morgan fingerprint density at radius 1 is 1.14 bits per heavy atom. The van der Waals surface area contributed by atoms with Gasteiger partial charge in [-0.25, -0.2) is 0 Å². The van der Waals surface area contributed by atoms with Gasteiger partial charge in [0.15, 0.2) is 0 Å². The Balaban J connectivity index is 1.96. The molecule has 0 fully saturated rings. The van der Waals surface area contributed by atoms with Crippen molar-refractivity contribution in [3.05, 3.63) is 53.5 Å². The lowest BCUT2D eigenvalue weighted by Crippen LogP contribution is -2.07. The summed E-state index contributed by atoms with van der Waals surface area (Å²) in [5.41, 5.74) is 4.52. The van der Waals surface area contributed by atoms with E-state index in [0.29, 0.717) is 0 Å². The second-order valence-corrected chi connectivity index (χ2v) is 5.29. The van der Waals surface area contributed by atoms with Crippen molar-refractivity contribution in [1.29, 1.82) is 0 Å². The molecule has 3 rings (SSSR count). The standard InChI is InChI=1S/C17H21N3O/c1-3-15-10-16(20(4-2)18-15)11-19-8-7-14-9-13(12-21)5-6-17(14)19/h5-10,21H,3-4,11-12H2,1-2H3. The number of rotatable bonds is 5. The summed E-state index contributed by atoms with van der Waals surface area (Å²) in [6, 6.07) is 10.4. The number of hydrogen-bond donors (Lipinski definition) is 1. The van der Waals surface area contributed by atoms with E-state index in [-0.39, 0.29) is 6.61 Å². The van der Waals surface area contributed by atoms with Gasteiger partial charge >= 0.3 is 0 Å². The van der Waals surface area contributed by atoms with Gasteiger partial charge in [0.2, 0.25) is 0 Å². The first-order valence-electron chi connectivity index (χ1n) is 7.49. The predicted molar refractivity (Wildman–Crippen MR) is 84.2 cm³/mol. The van der Waals surface area contributed by atoms with Crippen molar-refractivity contribution in [2.24, 2.45) is 0 Å². The number of nitrogens with zero attached hydrogens (tertiary/aromatic N) is 3. The minimum Gasteiger partial charge on any atom is -0.392 e. The van der Waals surface area contributed by atoms with Gasteiger partial charge in [0.1, 0.15) is 0 Å². The van der Waals surface area contributed by atoms with Gasteiger partial charge in [-0.15, -0.1) is 0 Å². The maximum atomic E-state index is 9.22. The van der Waals surface area contributed by atoms with Gasteiger partial charge in [-0.05, 0) is 48.6 Å². The number of aryl methyl sites for hydroxylation is 2. The number of aromatic nitrogens is 3. The molecule has 110 valence electrons. The Bertz CT molecular complexity index is 755. The maximum absolute atomic E-state index is 9.22. The summed E-state index contributed by atoms with van der Waals surface area (Å²) >= 11 is 0. The van der Waals surface area contributed by atoms with Crippen LogP contribution in [0.15, 0.2) is 36.5 Å². The fourth-order valence-corrected chi connectivity index (χ4v) is 2.75. The minimum atomic E-state index is 0.0869. The molecule has 3 aromatic rings. The second kappa shape index (κ2) is 5.74. The zero-order valence-electron chi connectivity index (χ0n) is 12.6. The molecule has 0 amide bonds. The molecule has 1 N–H and O–H groups in total. The molecule has 0 bridgehead atoms. The molecule has 21 heavy (non-hydrogen) atoms. The van der Waals surface area contributed by atoms with E-state index in [9.17, 15) is 5.11 Å². The summed E-state index contributed by atoms with van der Waals surface area (Å²) in [5, 5.41) is 15.0. The van der Waals surface area contributed by atoms with Crippen LogP contribution in [0, 0.1) is 0 Å². The fourth-order valence-electron chi connectivity index (χ4n) is 2.75. The van der Waals surface area contributed by atoms with Crippen molar-refractivity contribution in [3.63, 3.8) is 0 Å². The average molecular weight is 283 g/mol. The van der Waals surface area contributed by atoms with E-state index in [1.165, 1.54) is 16.6 Å². The Morgan fingerprint density at radius 2 is 2.00 bits per heavy atom. The van der Waals surface area contributed by atoms with Crippen LogP contribution in [0.4, 0.5) is 0 Å². The van der Waals surface area contributed by atoms with Crippen molar-refractivity contribution in [2.75, 3.05) is 0 Å². The highest BCUT2D eigenvalue weighted by Crippen LogP contribution is 2.19. The average Bonchev–Trinajstić information content (AvgIpc) is 3.11. The second-order valence-electron chi connectivity index (χ2n) is 5.29. The Labute approximate surface area is 124 Å². The van der Waals surface area contributed by atoms with Crippen LogP contribution in [0.2, 0.25) is 0 Å². The van der Waals surface area contributed by atoms with Gasteiger partial charge in [-0.1, -0.05) is 13.0 Å². The van der Waals surface area contributed by atoms with E-state index >= 15 is 0 Å². The molecular formula is C17H21N3O. The molecule has 1 aromatic carbocycles. The van der Waals surface area contributed by atoms with Crippen LogP contribution in [0.1, 0.15) is 30.8 Å². The number of fused-ring (bicyclic) bond motifs is 1. The van der Waals surface area contributed by atoms with Crippen molar-refractivity contribution in [3.8, 4) is 0 Å². The van der Waals surface area contributed by atoms with Gasteiger partial charge in [0.05, 0.1) is 24.5 Å². The molecule has 0 saturated carbocycles. The Hall–Kier alpha value is -2.07. The van der Waals surface area contributed by atoms with Gasteiger partial charge in [0.25, 0.3) is 0 Å². The van der Waals surface area contributed by atoms with E-state index in [2.05, 4.69) is 52.6 Å². The van der Waals surface area contributed by atoms with E-state index in [1.807, 2.05) is 12.1 Å². The molecule has 4 heteroatoms. The first-order chi connectivity index (χ1) is 10.2. The minimum absolute atomic E-state index is 0.0869. The van der Waals surface area contributed by atoms with Crippen LogP contribution in [0.25, 0.3) is 10.9 Å². The van der Waals surface area contributed by atoms with E-state index in [4.69, 9.17) is 0 Å². The summed E-state index contributed by atoms with van der Waals surface area (Å²) in [5.74, 6) is 0. The summed E-state index contributed by atoms with van der Waals surface area (Å²) in [7, 11) is 0. The monoisotopic (exact) mass is 283 g/mol. The first-order valence-corrected chi connectivity index (χ1v) is 7.49. The Morgan fingerprint density at radius 3 is 2.71 bits per heavy atom. The molecule has 0 spiro atoms. The third kappa shape index (κ3) is 2.59. The lowest BCUT2D eigenvalue weighted by Gasteiger charge is -2.08. The largest absolute Gasteiger partial charge is 0.392 e. The zero-order valence-corrected chi connectivity index (χ0v) is 12.6. The normalized spacial score (nSPS) is 11.4. The third-order valence-corrected chi connectivity index (χ3v) is 3.93. The van der Waals surface area contributed by atoms with E-state index in [0.717, 1.165) is 30.8 Å². The van der Waals surface area contributed by atoms with Crippen LogP contribution >= 0.6 is 0 Å². The van der Waals surface area contributed by atoms with Crippen LogP contribution in [-0.4, -0.2) is 19.5 Å². The van der Waals surface area contributed by atoms with Crippen LogP contribution in [0.5, 0.6) is 0 Å². The lowest BCUT2D eigenvalue weighted by molar-refractivity contribution is 0.282. The Kier molecular flexibility index (Phi) is 3.80. The van der Waals surface area contributed by atoms with Gasteiger partial charge < -0.3 is 9.67 Å². The smallest absolute Gasteiger partial charge is 0.0682 e. The summed E-state index contributed by atoms with van der Waals surface area (Å²) in [4.78, 5) is 0. The lowest BCUT2D eigenvalue weighted by atomic mass is 10.2. The molecule has 2 heterocycles. The van der Waals surface area contributed by atoms with Crippen molar-refractivity contribution in [1.82, 2.24) is 14.3 Å². The summed E-state index contributed by atoms with van der Waals surface area (Å²) in [6.07, 6.45) is 3.07. The molecular weight excluding hydrogens is 262 g/mol. The van der Waals surface area contributed by atoms with Crippen molar-refractivity contribution >= 4 is 10.9 Å². The fraction of sp³-hybridized carbons (Fsp3) is 0.353. The molecule has 0 aliphatic carbocycles. The number of aliphatic hydroxyl groups excluding tert-OH is 1. The van der Waals surface area contributed by atoms with Crippen LogP contribution in [-0.2, 0) is 26.1 Å². The summed E-state index contributed by atoms with van der Waals surface area (Å²) in [6.45, 7) is 6.06. The third-order valence-electron chi connectivity index (χ3n) is 3.93. The molecule has 0 unspecified atom stereocenters. The first kappa shape index (κ1) is 13.9. The SMILES string of the molecule is CCc1cc(Cn2ccc3cc(CO)ccc32)n(CC)n1.